The highest BCUT2D eigenvalue weighted by Gasteiger charge is 2.47. The van der Waals surface area contributed by atoms with E-state index in [9.17, 15) is 22.8 Å². The Kier molecular flexibility index (Phi) is 5.14. The maximum absolute atomic E-state index is 13.0. The summed E-state index contributed by atoms with van der Waals surface area (Å²) < 4.78 is 30.6. The Bertz CT molecular complexity index is 1070. The molecule has 28 heavy (non-hydrogen) atoms. The van der Waals surface area contributed by atoms with Crippen LogP contribution in [-0.4, -0.2) is 48.7 Å². The van der Waals surface area contributed by atoms with Gasteiger partial charge in [-0.3, -0.25) is 14.9 Å². The maximum atomic E-state index is 13.0. The molecule has 1 aliphatic rings. The molecule has 0 aliphatic carbocycles. The van der Waals surface area contributed by atoms with Gasteiger partial charge >= 0.3 is 12.0 Å². The van der Waals surface area contributed by atoms with Gasteiger partial charge < -0.3 is 4.74 Å². The second-order valence-corrected chi connectivity index (χ2v) is 8.12. The van der Waals surface area contributed by atoms with Crippen LogP contribution >= 0.6 is 0 Å². The summed E-state index contributed by atoms with van der Waals surface area (Å²) in [6.45, 7) is 1.71. The van der Waals surface area contributed by atoms with E-state index in [1.54, 1.807) is 19.1 Å². The van der Waals surface area contributed by atoms with Gasteiger partial charge in [0.15, 0.2) is 5.37 Å². The van der Waals surface area contributed by atoms with E-state index in [0.29, 0.717) is 10.6 Å². The molecule has 146 valence electrons. The average Bonchev–Trinajstić information content (AvgIpc) is 2.66. The highest BCUT2D eigenvalue weighted by molar-refractivity contribution is 7.92. The van der Waals surface area contributed by atoms with Gasteiger partial charge in [-0.25, -0.2) is 23.1 Å². The molecule has 1 aromatic heterocycles. The molecule has 0 fully saturated rings. The van der Waals surface area contributed by atoms with Crippen LogP contribution in [0.1, 0.15) is 22.5 Å². The summed E-state index contributed by atoms with van der Waals surface area (Å²) in [4.78, 5) is 41.9. The second-order valence-electron chi connectivity index (χ2n) is 6.05. The summed E-state index contributed by atoms with van der Waals surface area (Å²) in [6, 6.07) is 9.39. The van der Waals surface area contributed by atoms with Crippen molar-refractivity contribution in [2.24, 2.45) is 0 Å². The van der Waals surface area contributed by atoms with E-state index in [4.69, 9.17) is 0 Å². The fourth-order valence-corrected chi connectivity index (χ4v) is 4.72. The van der Waals surface area contributed by atoms with Gasteiger partial charge in [-0.1, -0.05) is 18.2 Å². The number of esters is 1. The Morgan fingerprint density at radius 2 is 1.89 bits per heavy atom. The third kappa shape index (κ3) is 3.46. The van der Waals surface area contributed by atoms with Crippen LogP contribution in [0.3, 0.4) is 0 Å². The third-order valence-electron chi connectivity index (χ3n) is 4.20. The number of ether oxygens (including phenoxy) is 1. The number of anilines is 1. The number of nitrogens with zero attached hydrogens (tertiary/aromatic N) is 2. The second kappa shape index (κ2) is 7.39. The van der Waals surface area contributed by atoms with Crippen molar-refractivity contribution >= 4 is 33.6 Å². The van der Waals surface area contributed by atoms with E-state index >= 15 is 0 Å². The number of hydrogen-bond acceptors (Lipinski definition) is 7. The molecule has 1 aromatic carbocycles. The molecule has 0 radical (unpaired) electrons. The number of nitrogens with one attached hydrogen (secondary N) is 1. The third-order valence-corrected chi connectivity index (χ3v) is 6.26. The van der Waals surface area contributed by atoms with Crippen LogP contribution < -0.4 is 5.32 Å². The fourth-order valence-electron chi connectivity index (χ4n) is 2.87. The van der Waals surface area contributed by atoms with Gasteiger partial charge in [0, 0.05) is 5.69 Å². The number of sulfone groups is 1. The zero-order valence-corrected chi connectivity index (χ0v) is 15.9. The lowest BCUT2D eigenvalue weighted by molar-refractivity contribution is -0.141. The predicted octanol–water partition coefficient (Wildman–Crippen LogP) is 1.74. The number of imide groups is 1. The summed E-state index contributed by atoms with van der Waals surface area (Å²) in [5.41, 5.74) is 0.475. The molecule has 2 aromatic rings. The van der Waals surface area contributed by atoms with Crippen molar-refractivity contribution in [1.82, 2.24) is 9.88 Å². The number of methoxy groups -OCH3 is 1. The highest BCUT2D eigenvalue weighted by Crippen LogP contribution is 2.32. The summed E-state index contributed by atoms with van der Waals surface area (Å²) in [7, 11) is -3.10. The lowest BCUT2D eigenvalue weighted by Gasteiger charge is -2.33. The number of hydrogen-bond donors (Lipinski definition) is 1. The van der Waals surface area contributed by atoms with E-state index in [1.165, 1.54) is 30.3 Å². The molecule has 0 saturated carbocycles. The quantitative estimate of drug-likeness (QED) is 0.774. The molecular formula is C18H17N3O6S. The SMILES string of the molecule is COC(=O)CC1N(C(=O)Nc2cccc(C)n2)C(=O)c2ccccc2S1(=O)=O. The number of urea groups is 1. The van der Waals surface area contributed by atoms with Gasteiger partial charge in [-0.2, -0.15) is 0 Å². The van der Waals surface area contributed by atoms with E-state index in [1.807, 2.05) is 0 Å². The van der Waals surface area contributed by atoms with Gasteiger partial charge in [-0.05, 0) is 31.2 Å². The number of aryl methyl sites for hydroxylation is 1. The van der Waals surface area contributed by atoms with Crippen molar-refractivity contribution in [1.29, 1.82) is 0 Å². The minimum atomic E-state index is -4.19. The van der Waals surface area contributed by atoms with Gasteiger partial charge in [0.2, 0.25) is 9.84 Å². The Morgan fingerprint density at radius 1 is 1.18 bits per heavy atom. The summed E-state index contributed by atoms with van der Waals surface area (Å²) in [6.07, 6.45) is -0.687. The molecule has 1 aliphatic heterocycles. The van der Waals surface area contributed by atoms with E-state index in [0.717, 1.165) is 7.11 Å². The number of fused-ring (bicyclic) bond motifs is 1. The van der Waals surface area contributed by atoms with E-state index in [-0.39, 0.29) is 16.3 Å². The van der Waals surface area contributed by atoms with Crippen molar-refractivity contribution in [2.75, 3.05) is 12.4 Å². The molecule has 1 unspecified atom stereocenters. The Labute approximate surface area is 161 Å². The first kappa shape index (κ1) is 19.5. The van der Waals surface area contributed by atoms with Crippen LogP contribution in [0.2, 0.25) is 0 Å². The van der Waals surface area contributed by atoms with Gasteiger partial charge in [0.1, 0.15) is 5.82 Å². The normalized spacial score (nSPS) is 17.6. The lowest BCUT2D eigenvalue weighted by atomic mass is 10.2. The van der Waals surface area contributed by atoms with E-state index < -0.39 is 39.5 Å². The number of carbonyl (C=O) groups is 3. The van der Waals surface area contributed by atoms with Crippen molar-refractivity contribution in [3.63, 3.8) is 0 Å². The van der Waals surface area contributed by atoms with Crippen molar-refractivity contribution < 1.29 is 27.5 Å². The summed E-state index contributed by atoms with van der Waals surface area (Å²) in [5, 5.41) is 0.682. The fraction of sp³-hybridized carbons (Fsp3) is 0.222. The Balaban J connectivity index is 2.06. The first-order valence-corrected chi connectivity index (χ1v) is 9.78. The molecule has 3 amide bonds. The van der Waals surface area contributed by atoms with Gasteiger partial charge in [0.05, 0.1) is 24.0 Å². The monoisotopic (exact) mass is 403 g/mol. The largest absolute Gasteiger partial charge is 0.469 e. The number of benzene rings is 1. The minimum Gasteiger partial charge on any atom is -0.469 e. The number of rotatable bonds is 3. The molecular weight excluding hydrogens is 386 g/mol. The molecule has 1 atom stereocenters. The number of aromatic nitrogens is 1. The standard InChI is InChI=1S/C18H17N3O6S/c1-11-6-5-9-14(19-11)20-18(24)21-15(10-16(22)27-2)28(25,26)13-8-4-3-7-12(13)17(21)23/h3-9,15H,10H2,1-2H3,(H,19,20,24). The van der Waals surface area contributed by atoms with Crippen LogP contribution in [0.5, 0.6) is 0 Å². The first-order chi connectivity index (χ1) is 13.3. The zero-order valence-electron chi connectivity index (χ0n) is 15.1. The number of pyridine rings is 1. The van der Waals surface area contributed by atoms with Crippen LogP contribution in [-0.2, 0) is 19.4 Å². The molecule has 1 N–H and O–H groups in total. The molecule has 0 saturated heterocycles. The predicted molar refractivity (Wildman–Crippen MR) is 98.2 cm³/mol. The Hall–Kier alpha value is -3.27. The van der Waals surface area contributed by atoms with Gasteiger partial charge in [-0.15, -0.1) is 0 Å². The van der Waals surface area contributed by atoms with Gasteiger partial charge in [0.25, 0.3) is 5.91 Å². The number of amides is 3. The van der Waals surface area contributed by atoms with E-state index in [2.05, 4.69) is 15.0 Å². The first-order valence-electron chi connectivity index (χ1n) is 8.23. The molecule has 3 rings (SSSR count). The highest BCUT2D eigenvalue weighted by atomic mass is 32.2. The summed E-state index contributed by atoms with van der Waals surface area (Å²) in [5.74, 6) is -1.55. The zero-order chi connectivity index (χ0) is 20.5. The molecule has 0 bridgehead atoms. The van der Waals surface area contributed by atoms with Crippen LogP contribution in [0.4, 0.5) is 10.6 Å². The van der Waals surface area contributed by atoms with Crippen LogP contribution in [0, 0.1) is 6.92 Å². The van der Waals surface area contributed by atoms with Crippen molar-refractivity contribution in [3.05, 3.63) is 53.7 Å². The van der Waals surface area contributed by atoms with Crippen LogP contribution in [0.25, 0.3) is 0 Å². The maximum Gasteiger partial charge on any atom is 0.331 e. The minimum absolute atomic E-state index is 0.143. The molecule has 2 heterocycles. The van der Waals surface area contributed by atoms with Crippen molar-refractivity contribution in [3.8, 4) is 0 Å². The molecule has 10 heteroatoms. The topological polar surface area (TPSA) is 123 Å². The smallest absolute Gasteiger partial charge is 0.331 e. The molecule has 9 nitrogen and oxygen atoms in total. The molecule has 0 spiro atoms. The average molecular weight is 403 g/mol. The number of carbonyl (C=O) groups excluding carboxylic acids is 3. The van der Waals surface area contributed by atoms with Crippen LogP contribution in [0.15, 0.2) is 47.4 Å². The van der Waals surface area contributed by atoms with Crippen molar-refractivity contribution in [2.45, 2.75) is 23.6 Å². The lowest BCUT2D eigenvalue weighted by Crippen LogP contribution is -2.54. The Morgan fingerprint density at radius 3 is 2.57 bits per heavy atom. The summed E-state index contributed by atoms with van der Waals surface area (Å²) >= 11 is 0.